The number of hydrogen-bond acceptors (Lipinski definition) is 8. The van der Waals surface area contributed by atoms with Gasteiger partial charge in [-0.15, -0.1) is 0 Å². The van der Waals surface area contributed by atoms with Gasteiger partial charge >= 0.3 is 0 Å². The molecule has 0 bridgehead atoms. The fraction of sp³-hybridized carbons (Fsp3) is 0.254. The van der Waals surface area contributed by atoms with Crippen molar-refractivity contribution in [2.75, 3.05) is 13.2 Å². The second-order valence-electron chi connectivity index (χ2n) is 18.7. The van der Waals surface area contributed by atoms with Crippen molar-refractivity contribution < 1.29 is 36.5 Å². The molecule has 360 valence electrons. The van der Waals surface area contributed by atoms with Gasteiger partial charge in [0.15, 0.2) is 11.9 Å². The van der Waals surface area contributed by atoms with E-state index in [0.717, 1.165) is 27.1 Å². The van der Waals surface area contributed by atoms with E-state index >= 15 is 0 Å². The lowest BCUT2D eigenvalue weighted by Crippen LogP contribution is -2.70. The van der Waals surface area contributed by atoms with Crippen LogP contribution in [0.4, 0.5) is 0 Å². The summed E-state index contributed by atoms with van der Waals surface area (Å²) in [5, 5.41) is 2.53. The first-order chi connectivity index (χ1) is 34.1. The topological polar surface area (TPSA) is 94.5 Å². The molecule has 9 rings (SSSR count). The maximum atomic E-state index is 14.9. The van der Waals surface area contributed by atoms with Crippen molar-refractivity contribution in [3.63, 3.8) is 0 Å². The van der Waals surface area contributed by atoms with Crippen molar-refractivity contribution in [3.8, 4) is 0 Å². The van der Waals surface area contributed by atoms with E-state index in [1.54, 1.807) is 36.5 Å². The highest BCUT2D eigenvalue weighted by Gasteiger charge is 2.62. The Hall–Kier alpha value is -5.99. The van der Waals surface area contributed by atoms with Crippen LogP contribution >= 0.6 is 0 Å². The van der Waals surface area contributed by atoms with E-state index in [0.29, 0.717) is 16.5 Å². The number of hydrogen-bond donors (Lipinski definition) is 0. The first-order valence-electron chi connectivity index (χ1n) is 24.0. The number of fused-ring (bicyclic) bond motifs is 1. The molecule has 0 saturated carbocycles. The van der Waals surface area contributed by atoms with E-state index in [1.165, 1.54) is 3.97 Å². The lowest BCUT2D eigenvalue weighted by atomic mass is 9.79. The Morgan fingerprint density at radius 1 is 0.586 bits per heavy atom. The lowest BCUT2D eigenvalue weighted by Gasteiger charge is -2.54. The van der Waals surface area contributed by atoms with Gasteiger partial charge in [0.2, 0.25) is 0 Å². The summed E-state index contributed by atoms with van der Waals surface area (Å²) in [5.74, 6) is 0. The number of benzene rings is 7. The third-order valence-corrected chi connectivity index (χ3v) is 19.9. The predicted octanol–water partition coefficient (Wildman–Crippen LogP) is 10.8. The standard InChI is InChI=1S/C59H61NO8SSi/c1-5-63-57-59(66-43-47-30-16-8-17-31-47,52-40-60(53-39-25-24-38-51(52)53)69(61,62)48-32-18-9-19-33-48)56(65-42-46-28-14-7-15-29-46)55(64-41-45-26-12-6-13-27-45)54(68-57)44-67-70(58(2,3)4,49-34-20-10-21-35-49)50-36-22-11-23-37-50/h6-40,54-57H,5,41-44H2,1-4H3/t54-,55-,56+,57-,59-/m1/s1. The molecular formula is C59H61NO8SSi. The molecule has 1 aromatic heterocycles. The lowest BCUT2D eigenvalue weighted by molar-refractivity contribution is -0.371. The van der Waals surface area contributed by atoms with Gasteiger partial charge < -0.3 is 28.1 Å². The molecule has 0 unspecified atom stereocenters. The summed E-state index contributed by atoms with van der Waals surface area (Å²) < 4.78 is 75.4. The first-order valence-corrected chi connectivity index (χ1v) is 27.3. The van der Waals surface area contributed by atoms with Crippen LogP contribution in [0.5, 0.6) is 0 Å². The maximum absolute atomic E-state index is 14.9. The van der Waals surface area contributed by atoms with Gasteiger partial charge in [-0.3, -0.25) is 0 Å². The van der Waals surface area contributed by atoms with Crippen LogP contribution in [0.3, 0.4) is 0 Å². The average molecular weight is 972 g/mol. The Labute approximate surface area is 413 Å². The molecule has 0 aliphatic carbocycles. The molecule has 9 nitrogen and oxygen atoms in total. The minimum absolute atomic E-state index is 0.0958. The van der Waals surface area contributed by atoms with Crippen molar-refractivity contribution in [2.24, 2.45) is 0 Å². The number of para-hydroxylation sites is 1. The number of nitrogens with zero attached hydrogens (tertiary/aromatic N) is 1. The van der Waals surface area contributed by atoms with Crippen LogP contribution in [0.25, 0.3) is 10.9 Å². The minimum atomic E-state index is -4.15. The Morgan fingerprint density at radius 2 is 1.06 bits per heavy atom. The molecule has 8 aromatic rings. The van der Waals surface area contributed by atoms with Crippen LogP contribution in [0.1, 0.15) is 49.9 Å². The van der Waals surface area contributed by atoms with E-state index in [2.05, 4.69) is 69.3 Å². The fourth-order valence-electron chi connectivity index (χ4n) is 9.92. The van der Waals surface area contributed by atoms with E-state index in [1.807, 2.05) is 134 Å². The number of aromatic nitrogens is 1. The molecule has 5 atom stereocenters. The molecule has 0 spiro atoms. The molecule has 1 aliphatic heterocycles. The highest BCUT2D eigenvalue weighted by atomic mass is 32.2. The van der Waals surface area contributed by atoms with Gasteiger partial charge in [0.05, 0.1) is 36.8 Å². The van der Waals surface area contributed by atoms with E-state index in [-0.39, 0.29) is 43.0 Å². The van der Waals surface area contributed by atoms with Gasteiger partial charge in [0.25, 0.3) is 18.3 Å². The van der Waals surface area contributed by atoms with Gasteiger partial charge in [-0.2, -0.15) is 0 Å². The van der Waals surface area contributed by atoms with Crippen molar-refractivity contribution in [1.29, 1.82) is 0 Å². The first kappa shape index (κ1) is 49.0. The Kier molecular flexibility index (Phi) is 15.1. The van der Waals surface area contributed by atoms with Crippen LogP contribution in [-0.4, -0.2) is 58.5 Å². The molecule has 70 heavy (non-hydrogen) atoms. The monoisotopic (exact) mass is 971 g/mol. The smallest absolute Gasteiger partial charge is 0.268 e. The number of rotatable bonds is 19. The largest absolute Gasteiger partial charge is 0.405 e. The zero-order valence-corrected chi connectivity index (χ0v) is 42.0. The predicted molar refractivity (Wildman–Crippen MR) is 278 cm³/mol. The molecule has 0 radical (unpaired) electrons. The van der Waals surface area contributed by atoms with Crippen LogP contribution in [0.2, 0.25) is 5.04 Å². The van der Waals surface area contributed by atoms with Crippen molar-refractivity contribution >= 4 is 39.6 Å². The third kappa shape index (κ3) is 9.86. The van der Waals surface area contributed by atoms with Gasteiger partial charge in [-0.05, 0) is 57.2 Å². The zero-order chi connectivity index (χ0) is 48.6. The van der Waals surface area contributed by atoms with E-state index < -0.39 is 48.5 Å². The molecule has 1 fully saturated rings. The van der Waals surface area contributed by atoms with Crippen LogP contribution < -0.4 is 10.4 Å². The normalized spacial score (nSPS) is 19.8. The van der Waals surface area contributed by atoms with Crippen molar-refractivity contribution in [1.82, 2.24) is 3.97 Å². The SMILES string of the molecule is CCO[C@@H]1O[C@H](CO[Si](c2ccccc2)(c2ccccc2)C(C)(C)C)[C@@H](OCc2ccccc2)[C@H](OCc2ccccc2)[C@]1(OCc1ccccc1)c1cn(S(=O)(=O)c2ccccc2)c2ccccc12. The molecule has 0 amide bonds. The van der Waals surface area contributed by atoms with Crippen LogP contribution in [0.15, 0.2) is 217 Å². The molecule has 0 N–H and O–H groups in total. The van der Waals surface area contributed by atoms with E-state index in [4.69, 9.17) is 28.1 Å². The Balaban J connectivity index is 1.28. The Bertz CT molecular complexity index is 2970. The molecule has 1 aliphatic rings. The molecule has 11 heteroatoms. The van der Waals surface area contributed by atoms with Crippen LogP contribution in [-0.2, 0) is 63.6 Å². The highest BCUT2D eigenvalue weighted by molar-refractivity contribution is 7.90. The maximum Gasteiger partial charge on any atom is 0.268 e. The second-order valence-corrected chi connectivity index (χ2v) is 24.8. The van der Waals surface area contributed by atoms with Gasteiger partial charge in [-0.25, -0.2) is 12.4 Å². The highest BCUT2D eigenvalue weighted by Crippen LogP contribution is 2.49. The van der Waals surface area contributed by atoms with Crippen molar-refractivity contribution in [3.05, 3.63) is 235 Å². The van der Waals surface area contributed by atoms with Gasteiger partial charge in [0.1, 0.15) is 18.3 Å². The molecule has 7 aromatic carbocycles. The minimum Gasteiger partial charge on any atom is -0.405 e. The second kappa shape index (κ2) is 21.6. The Morgan fingerprint density at radius 3 is 1.59 bits per heavy atom. The summed E-state index contributed by atoms with van der Waals surface area (Å²) in [5.41, 5.74) is 2.06. The van der Waals surface area contributed by atoms with Crippen LogP contribution in [0, 0.1) is 0 Å². The van der Waals surface area contributed by atoms with Crippen molar-refractivity contribution in [2.45, 2.75) is 87.7 Å². The summed E-state index contributed by atoms with van der Waals surface area (Å²) in [7, 11) is -7.30. The summed E-state index contributed by atoms with van der Waals surface area (Å²) in [6, 6.07) is 66.9. The van der Waals surface area contributed by atoms with Gasteiger partial charge in [0, 0.05) is 23.8 Å². The summed E-state index contributed by atoms with van der Waals surface area (Å²) >= 11 is 0. The molecule has 1 saturated heterocycles. The zero-order valence-electron chi connectivity index (χ0n) is 40.2. The van der Waals surface area contributed by atoms with E-state index in [9.17, 15) is 8.42 Å². The third-order valence-electron chi connectivity index (χ3n) is 13.2. The molecule has 2 heterocycles. The quantitative estimate of drug-likeness (QED) is 0.0740. The summed E-state index contributed by atoms with van der Waals surface area (Å²) in [6.45, 7) is 9.45. The average Bonchev–Trinajstić information content (AvgIpc) is 3.80. The number of ether oxygens (including phenoxy) is 5. The fourth-order valence-corrected chi connectivity index (χ4v) is 15.9. The van der Waals surface area contributed by atoms with Gasteiger partial charge in [-0.1, -0.05) is 209 Å². The summed E-state index contributed by atoms with van der Waals surface area (Å²) in [4.78, 5) is 0.143. The summed E-state index contributed by atoms with van der Waals surface area (Å²) in [6.07, 6.45) is -2.19. The molecular weight excluding hydrogens is 911 g/mol.